The van der Waals surface area contributed by atoms with Gasteiger partial charge in [-0.05, 0) is 45.0 Å². The van der Waals surface area contributed by atoms with Crippen LogP contribution in [0.25, 0.3) is 0 Å². The third-order valence-electron chi connectivity index (χ3n) is 4.13. The highest BCUT2D eigenvalue weighted by Crippen LogP contribution is 2.23. The first kappa shape index (κ1) is 17.0. The van der Waals surface area contributed by atoms with Crippen molar-refractivity contribution >= 4 is 23.2 Å². The molecule has 1 fully saturated rings. The van der Waals surface area contributed by atoms with Crippen molar-refractivity contribution in [1.82, 2.24) is 10.2 Å². The molecule has 0 radical (unpaired) electrons. The Balaban J connectivity index is 2.05. The van der Waals surface area contributed by atoms with E-state index in [9.17, 15) is 0 Å². The van der Waals surface area contributed by atoms with Crippen LogP contribution in [0, 0.1) is 0 Å². The zero-order chi connectivity index (χ0) is 15.4. The molecule has 1 aromatic carbocycles. The van der Waals surface area contributed by atoms with Crippen molar-refractivity contribution in [3.05, 3.63) is 33.8 Å². The lowest BCUT2D eigenvalue weighted by Gasteiger charge is -2.39. The molecule has 1 aliphatic rings. The molecule has 1 aliphatic heterocycles. The van der Waals surface area contributed by atoms with E-state index in [1.165, 1.54) is 0 Å². The maximum absolute atomic E-state index is 6.29. The molecule has 0 aliphatic carbocycles. The highest BCUT2D eigenvalue weighted by atomic mass is 35.5. The van der Waals surface area contributed by atoms with Crippen LogP contribution in [0.1, 0.15) is 19.4 Å². The number of ether oxygens (including phenoxy) is 1. The van der Waals surface area contributed by atoms with E-state index in [-0.39, 0.29) is 12.1 Å². The Hall–Kier alpha value is -0.320. The van der Waals surface area contributed by atoms with Gasteiger partial charge in [-0.15, -0.1) is 0 Å². The van der Waals surface area contributed by atoms with Crippen LogP contribution in [0.4, 0.5) is 0 Å². The molecule has 1 saturated heterocycles. The molecule has 5 heteroatoms. The van der Waals surface area contributed by atoms with Crippen LogP contribution >= 0.6 is 23.2 Å². The Kier molecular flexibility index (Phi) is 6.33. The van der Waals surface area contributed by atoms with Crippen molar-refractivity contribution in [1.29, 1.82) is 0 Å². The van der Waals surface area contributed by atoms with Gasteiger partial charge in [-0.25, -0.2) is 0 Å². The third-order valence-corrected chi connectivity index (χ3v) is 4.72. The number of rotatable bonds is 5. The van der Waals surface area contributed by atoms with Crippen molar-refractivity contribution < 1.29 is 4.74 Å². The fourth-order valence-corrected chi connectivity index (χ4v) is 3.24. The Labute approximate surface area is 137 Å². The van der Waals surface area contributed by atoms with E-state index in [0.29, 0.717) is 11.1 Å². The molecule has 0 spiro atoms. The summed E-state index contributed by atoms with van der Waals surface area (Å²) in [5.74, 6) is 0. The average Bonchev–Trinajstić information content (AvgIpc) is 2.46. The second kappa shape index (κ2) is 7.80. The quantitative estimate of drug-likeness (QED) is 0.896. The molecule has 2 atom stereocenters. The number of likely N-dealkylation sites (N-methyl/N-ethyl adjacent to an activating group) is 1. The van der Waals surface area contributed by atoms with Crippen LogP contribution in [-0.4, -0.2) is 49.8 Å². The maximum atomic E-state index is 6.29. The average molecular weight is 331 g/mol. The Morgan fingerprint density at radius 1 is 1.38 bits per heavy atom. The summed E-state index contributed by atoms with van der Waals surface area (Å²) < 4.78 is 5.97. The molecule has 1 N–H and O–H groups in total. The molecule has 2 unspecified atom stereocenters. The summed E-state index contributed by atoms with van der Waals surface area (Å²) in [4.78, 5) is 2.46. The second-order valence-corrected chi connectivity index (χ2v) is 6.68. The number of morpholine rings is 1. The molecule has 0 amide bonds. The van der Waals surface area contributed by atoms with Crippen molar-refractivity contribution in [2.75, 3.05) is 26.7 Å². The van der Waals surface area contributed by atoms with Crippen LogP contribution < -0.4 is 5.32 Å². The minimum atomic E-state index is 0.179. The number of nitrogens with one attached hydrogen (secondary N) is 1. The molecular weight excluding hydrogens is 307 g/mol. The van der Waals surface area contributed by atoms with E-state index in [4.69, 9.17) is 27.9 Å². The Morgan fingerprint density at radius 2 is 2.14 bits per heavy atom. The molecule has 118 valence electrons. The van der Waals surface area contributed by atoms with E-state index in [1.807, 2.05) is 19.2 Å². The first-order valence-electron chi connectivity index (χ1n) is 7.48. The van der Waals surface area contributed by atoms with Gasteiger partial charge >= 0.3 is 0 Å². The number of hydrogen-bond donors (Lipinski definition) is 1. The standard InChI is InChI=1S/C16H24Cl2N2O/c1-11(2)20-6-7-21-16(10-20)15(19-3)8-12-4-5-13(17)9-14(12)18/h4-5,9,11,15-16,19H,6-8,10H2,1-3H3. The fraction of sp³-hybridized carbons (Fsp3) is 0.625. The normalized spacial score (nSPS) is 21.7. The largest absolute Gasteiger partial charge is 0.374 e. The smallest absolute Gasteiger partial charge is 0.0858 e. The van der Waals surface area contributed by atoms with Crippen molar-refractivity contribution in [2.45, 2.75) is 38.5 Å². The van der Waals surface area contributed by atoms with Gasteiger partial charge in [-0.2, -0.15) is 0 Å². The summed E-state index contributed by atoms with van der Waals surface area (Å²) in [6, 6.07) is 6.47. The number of nitrogens with zero attached hydrogens (tertiary/aromatic N) is 1. The Bertz CT molecular complexity index is 468. The lowest BCUT2D eigenvalue weighted by molar-refractivity contribution is -0.0541. The molecule has 0 aromatic heterocycles. The van der Waals surface area contributed by atoms with Crippen molar-refractivity contribution in [2.24, 2.45) is 0 Å². The monoisotopic (exact) mass is 330 g/mol. The number of hydrogen-bond acceptors (Lipinski definition) is 3. The summed E-state index contributed by atoms with van der Waals surface area (Å²) in [7, 11) is 1.98. The molecular formula is C16H24Cl2N2O. The lowest BCUT2D eigenvalue weighted by atomic mass is 9.99. The molecule has 0 bridgehead atoms. The molecule has 1 aromatic rings. The summed E-state index contributed by atoms with van der Waals surface area (Å²) in [5, 5.41) is 4.77. The van der Waals surface area contributed by atoms with Crippen LogP contribution in [-0.2, 0) is 11.2 Å². The molecule has 2 rings (SSSR count). The minimum absolute atomic E-state index is 0.179. The molecule has 21 heavy (non-hydrogen) atoms. The van der Waals surface area contributed by atoms with Crippen LogP contribution in [0.15, 0.2) is 18.2 Å². The van der Waals surface area contributed by atoms with Gasteiger partial charge in [0.1, 0.15) is 0 Å². The number of benzene rings is 1. The first-order valence-corrected chi connectivity index (χ1v) is 8.23. The highest BCUT2D eigenvalue weighted by Gasteiger charge is 2.28. The zero-order valence-corrected chi connectivity index (χ0v) is 14.4. The van der Waals surface area contributed by atoms with Gasteiger partial charge in [-0.3, -0.25) is 4.90 Å². The molecule has 0 saturated carbocycles. The SMILES string of the molecule is CNC(Cc1ccc(Cl)cc1Cl)C1CN(C(C)C)CCO1. The van der Waals surface area contributed by atoms with Crippen molar-refractivity contribution in [3.63, 3.8) is 0 Å². The van der Waals surface area contributed by atoms with Gasteiger partial charge in [0.2, 0.25) is 0 Å². The lowest BCUT2D eigenvalue weighted by Crippen LogP contribution is -2.53. The van der Waals surface area contributed by atoms with Gasteiger partial charge in [-0.1, -0.05) is 29.3 Å². The first-order chi connectivity index (χ1) is 10.0. The molecule has 1 heterocycles. The van der Waals surface area contributed by atoms with E-state index >= 15 is 0 Å². The van der Waals surface area contributed by atoms with E-state index in [0.717, 1.165) is 36.7 Å². The predicted molar refractivity (Wildman–Crippen MR) is 89.5 cm³/mol. The predicted octanol–water partition coefficient (Wildman–Crippen LogP) is 3.23. The minimum Gasteiger partial charge on any atom is -0.374 e. The van der Waals surface area contributed by atoms with Crippen LogP contribution in [0.2, 0.25) is 10.0 Å². The van der Waals surface area contributed by atoms with Gasteiger partial charge in [0, 0.05) is 35.2 Å². The zero-order valence-electron chi connectivity index (χ0n) is 12.9. The summed E-state index contributed by atoms with van der Waals surface area (Å²) in [6.07, 6.45) is 1.02. The second-order valence-electron chi connectivity index (χ2n) is 5.83. The van der Waals surface area contributed by atoms with E-state index in [1.54, 1.807) is 6.07 Å². The molecule has 3 nitrogen and oxygen atoms in total. The van der Waals surface area contributed by atoms with Crippen LogP contribution in [0.3, 0.4) is 0 Å². The van der Waals surface area contributed by atoms with Gasteiger partial charge < -0.3 is 10.1 Å². The summed E-state index contributed by atoms with van der Waals surface area (Å²) in [6.45, 7) is 7.20. The topological polar surface area (TPSA) is 24.5 Å². The third kappa shape index (κ3) is 4.57. The van der Waals surface area contributed by atoms with E-state index in [2.05, 4.69) is 24.1 Å². The van der Waals surface area contributed by atoms with Crippen molar-refractivity contribution in [3.8, 4) is 0 Å². The highest BCUT2D eigenvalue weighted by molar-refractivity contribution is 6.35. The summed E-state index contributed by atoms with van der Waals surface area (Å²) in [5.41, 5.74) is 1.10. The van der Waals surface area contributed by atoms with Crippen LogP contribution in [0.5, 0.6) is 0 Å². The van der Waals surface area contributed by atoms with Gasteiger partial charge in [0.05, 0.1) is 12.7 Å². The number of halogens is 2. The van der Waals surface area contributed by atoms with E-state index < -0.39 is 0 Å². The Morgan fingerprint density at radius 3 is 2.76 bits per heavy atom. The van der Waals surface area contributed by atoms with Gasteiger partial charge in [0.15, 0.2) is 0 Å². The fourth-order valence-electron chi connectivity index (χ4n) is 2.75. The van der Waals surface area contributed by atoms with Gasteiger partial charge in [0.25, 0.3) is 0 Å². The maximum Gasteiger partial charge on any atom is 0.0858 e. The summed E-state index contributed by atoms with van der Waals surface area (Å²) >= 11 is 12.2.